The number of phenolic OH excluding ortho intramolecular Hbond substituents is 2. The van der Waals surface area contributed by atoms with Crippen molar-refractivity contribution in [2.75, 3.05) is 0 Å². The van der Waals surface area contributed by atoms with Crippen molar-refractivity contribution in [2.24, 2.45) is 5.92 Å². The number of benzene rings is 1. The molecule has 0 spiro atoms. The molecule has 0 bridgehead atoms. The van der Waals surface area contributed by atoms with Crippen molar-refractivity contribution in [1.82, 2.24) is 10.1 Å². The zero-order valence-electron chi connectivity index (χ0n) is 11.4. The third-order valence-electron chi connectivity index (χ3n) is 4.07. The average Bonchev–Trinajstić information content (AvgIpc) is 2.92. The molecular weight excluding hydrogens is 256 g/mol. The van der Waals surface area contributed by atoms with E-state index in [0.29, 0.717) is 17.3 Å². The largest absolute Gasteiger partial charge is 0.504 e. The molecule has 1 aromatic carbocycles. The molecule has 2 N–H and O–H groups in total. The van der Waals surface area contributed by atoms with Crippen LogP contribution in [0.4, 0.5) is 0 Å². The van der Waals surface area contributed by atoms with Crippen molar-refractivity contribution in [2.45, 2.75) is 38.5 Å². The molecule has 1 aromatic heterocycles. The van der Waals surface area contributed by atoms with Crippen molar-refractivity contribution < 1.29 is 14.7 Å². The van der Waals surface area contributed by atoms with Gasteiger partial charge in [-0.2, -0.15) is 4.98 Å². The first-order valence-corrected chi connectivity index (χ1v) is 7.00. The van der Waals surface area contributed by atoms with Crippen LogP contribution in [0, 0.1) is 5.92 Å². The zero-order valence-corrected chi connectivity index (χ0v) is 11.4. The highest BCUT2D eigenvalue weighted by atomic mass is 16.5. The van der Waals surface area contributed by atoms with Crippen LogP contribution in [0.1, 0.15) is 44.3 Å². The van der Waals surface area contributed by atoms with E-state index in [1.165, 1.54) is 18.9 Å². The number of aromatic nitrogens is 2. The Bertz CT molecular complexity index is 601. The molecule has 1 aliphatic rings. The molecule has 0 amide bonds. The number of para-hydroxylation sites is 1. The smallest absolute Gasteiger partial charge is 0.261 e. The Balaban J connectivity index is 1.85. The second kappa shape index (κ2) is 5.15. The van der Waals surface area contributed by atoms with Crippen LogP contribution in [0.15, 0.2) is 22.7 Å². The normalized spacial score (nSPS) is 22.9. The van der Waals surface area contributed by atoms with Crippen molar-refractivity contribution >= 4 is 0 Å². The Labute approximate surface area is 117 Å². The van der Waals surface area contributed by atoms with Crippen LogP contribution in [0.25, 0.3) is 11.5 Å². The van der Waals surface area contributed by atoms with E-state index in [-0.39, 0.29) is 17.4 Å². The maximum absolute atomic E-state index is 9.83. The van der Waals surface area contributed by atoms with Gasteiger partial charge >= 0.3 is 0 Å². The second-order valence-electron chi connectivity index (χ2n) is 5.59. The van der Waals surface area contributed by atoms with Gasteiger partial charge in [-0.15, -0.1) is 0 Å². The van der Waals surface area contributed by atoms with E-state index in [4.69, 9.17) is 4.52 Å². The van der Waals surface area contributed by atoms with Gasteiger partial charge in [-0.3, -0.25) is 0 Å². The summed E-state index contributed by atoms with van der Waals surface area (Å²) in [5, 5.41) is 23.4. The highest BCUT2D eigenvalue weighted by molar-refractivity contribution is 5.66. The summed E-state index contributed by atoms with van der Waals surface area (Å²) >= 11 is 0. The molecule has 1 heterocycles. The molecule has 0 radical (unpaired) electrons. The number of hydrogen-bond acceptors (Lipinski definition) is 5. The number of aromatic hydroxyl groups is 2. The van der Waals surface area contributed by atoms with Crippen molar-refractivity contribution in [3.63, 3.8) is 0 Å². The average molecular weight is 274 g/mol. The van der Waals surface area contributed by atoms with Crippen molar-refractivity contribution in [3.05, 3.63) is 24.0 Å². The van der Waals surface area contributed by atoms with E-state index in [2.05, 4.69) is 17.1 Å². The van der Waals surface area contributed by atoms with Crippen LogP contribution in [0.3, 0.4) is 0 Å². The van der Waals surface area contributed by atoms with Crippen molar-refractivity contribution in [3.8, 4) is 23.0 Å². The van der Waals surface area contributed by atoms with Gasteiger partial charge in [0.05, 0.1) is 5.56 Å². The third-order valence-corrected chi connectivity index (χ3v) is 4.07. The number of phenols is 2. The first kappa shape index (κ1) is 13.0. The predicted octanol–water partition coefficient (Wildman–Crippen LogP) is 3.44. The fraction of sp³-hybridized carbons (Fsp3) is 0.467. The Morgan fingerprint density at radius 2 is 1.90 bits per heavy atom. The van der Waals surface area contributed by atoms with Crippen LogP contribution in [0.2, 0.25) is 0 Å². The molecule has 0 saturated heterocycles. The summed E-state index contributed by atoms with van der Waals surface area (Å²) in [6, 6.07) is 4.70. The molecule has 5 nitrogen and oxygen atoms in total. The minimum Gasteiger partial charge on any atom is -0.504 e. The Morgan fingerprint density at radius 3 is 2.65 bits per heavy atom. The quantitative estimate of drug-likeness (QED) is 0.820. The van der Waals surface area contributed by atoms with Gasteiger partial charge in [-0.1, -0.05) is 31.0 Å². The number of rotatable bonds is 2. The fourth-order valence-electron chi connectivity index (χ4n) is 2.73. The zero-order chi connectivity index (χ0) is 14.1. The van der Waals surface area contributed by atoms with E-state index < -0.39 is 0 Å². The van der Waals surface area contributed by atoms with Gasteiger partial charge < -0.3 is 14.7 Å². The topological polar surface area (TPSA) is 79.4 Å². The van der Waals surface area contributed by atoms with Gasteiger partial charge in [0.15, 0.2) is 17.3 Å². The lowest BCUT2D eigenvalue weighted by atomic mass is 9.83. The summed E-state index contributed by atoms with van der Waals surface area (Å²) in [5.74, 6) is 1.66. The van der Waals surface area contributed by atoms with Crippen LogP contribution < -0.4 is 0 Å². The van der Waals surface area contributed by atoms with Crippen LogP contribution in [0.5, 0.6) is 11.5 Å². The first-order valence-electron chi connectivity index (χ1n) is 7.00. The molecule has 0 atom stereocenters. The number of hydrogen-bond donors (Lipinski definition) is 2. The summed E-state index contributed by atoms with van der Waals surface area (Å²) in [6.07, 6.45) is 4.52. The maximum atomic E-state index is 9.83. The third kappa shape index (κ3) is 2.35. The highest BCUT2D eigenvalue weighted by Crippen LogP contribution is 2.38. The fourth-order valence-corrected chi connectivity index (χ4v) is 2.73. The van der Waals surface area contributed by atoms with Gasteiger partial charge in [-0.25, -0.2) is 0 Å². The molecule has 0 aliphatic heterocycles. The van der Waals surface area contributed by atoms with Crippen molar-refractivity contribution in [1.29, 1.82) is 0 Å². The Kier molecular flexibility index (Phi) is 3.34. The van der Waals surface area contributed by atoms with E-state index >= 15 is 0 Å². The highest BCUT2D eigenvalue weighted by Gasteiger charge is 2.25. The molecule has 2 aromatic rings. The van der Waals surface area contributed by atoms with Crippen LogP contribution >= 0.6 is 0 Å². The standard InChI is InChI=1S/C15H18N2O3/c1-9-5-7-10(8-6-9)14-16-15(20-17-14)11-3-2-4-12(18)13(11)19/h2-4,9-10,18-19H,5-8H2,1H3. The molecule has 1 fully saturated rings. The van der Waals surface area contributed by atoms with Gasteiger partial charge in [-0.05, 0) is 30.9 Å². The summed E-state index contributed by atoms with van der Waals surface area (Å²) < 4.78 is 5.23. The van der Waals surface area contributed by atoms with E-state index in [0.717, 1.165) is 18.8 Å². The lowest BCUT2D eigenvalue weighted by molar-refractivity contribution is 0.328. The van der Waals surface area contributed by atoms with E-state index in [9.17, 15) is 10.2 Å². The van der Waals surface area contributed by atoms with Gasteiger partial charge in [0, 0.05) is 5.92 Å². The predicted molar refractivity (Wildman–Crippen MR) is 73.4 cm³/mol. The minimum absolute atomic E-state index is 0.186. The lowest BCUT2D eigenvalue weighted by Gasteiger charge is -2.23. The number of nitrogens with zero attached hydrogens (tertiary/aromatic N) is 2. The SMILES string of the molecule is CC1CCC(c2noc(-c3cccc(O)c3O)n2)CC1. The summed E-state index contributed by atoms with van der Waals surface area (Å²) in [5.41, 5.74) is 0.368. The Morgan fingerprint density at radius 1 is 1.15 bits per heavy atom. The first-order chi connectivity index (χ1) is 9.65. The maximum Gasteiger partial charge on any atom is 0.261 e. The van der Waals surface area contributed by atoms with E-state index in [1.807, 2.05) is 0 Å². The molecule has 1 aliphatic carbocycles. The van der Waals surface area contributed by atoms with Gasteiger partial charge in [0.25, 0.3) is 5.89 Å². The van der Waals surface area contributed by atoms with E-state index in [1.54, 1.807) is 12.1 Å². The lowest BCUT2D eigenvalue weighted by Crippen LogP contribution is -2.11. The van der Waals surface area contributed by atoms with Gasteiger partial charge in [0.2, 0.25) is 0 Å². The molecule has 1 saturated carbocycles. The van der Waals surface area contributed by atoms with Gasteiger partial charge in [0.1, 0.15) is 0 Å². The molecule has 5 heteroatoms. The molecular formula is C15H18N2O3. The van der Waals surface area contributed by atoms with Crippen LogP contribution in [-0.4, -0.2) is 20.4 Å². The Hall–Kier alpha value is -2.04. The summed E-state index contributed by atoms with van der Waals surface area (Å²) in [7, 11) is 0. The minimum atomic E-state index is -0.222. The molecule has 3 rings (SSSR count). The summed E-state index contributed by atoms with van der Waals surface area (Å²) in [4.78, 5) is 4.38. The molecule has 20 heavy (non-hydrogen) atoms. The van der Waals surface area contributed by atoms with Crippen LogP contribution in [-0.2, 0) is 0 Å². The molecule has 0 unspecified atom stereocenters. The molecule has 106 valence electrons. The second-order valence-corrected chi connectivity index (χ2v) is 5.59. The summed E-state index contributed by atoms with van der Waals surface area (Å²) in [6.45, 7) is 2.27. The monoisotopic (exact) mass is 274 g/mol.